The predicted octanol–water partition coefficient (Wildman–Crippen LogP) is 2.05. The molecule has 1 aromatic carbocycles. The van der Waals surface area contributed by atoms with Crippen LogP contribution in [0.2, 0.25) is 0 Å². The molecular weight excluding hydrogens is 298 g/mol. The third kappa shape index (κ3) is 4.67. The highest BCUT2D eigenvalue weighted by Crippen LogP contribution is 2.28. The molecule has 0 bridgehead atoms. The third-order valence-corrected chi connectivity index (χ3v) is 3.33. The largest absolute Gasteiger partial charge is 0.487 e. The summed E-state index contributed by atoms with van der Waals surface area (Å²) in [7, 11) is 0. The van der Waals surface area contributed by atoms with Gasteiger partial charge < -0.3 is 10.1 Å². The first-order chi connectivity index (χ1) is 11.1. The van der Waals surface area contributed by atoms with Crippen LogP contribution in [0.3, 0.4) is 0 Å². The average Bonchev–Trinajstić information content (AvgIpc) is 3.06. The second-order valence-corrected chi connectivity index (χ2v) is 5.11. The molecule has 0 unspecified atom stereocenters. The van der Waals surface area contributed by atoms with Gasteiger partial charge in [0.15, 0.2) is 5.75 Å². The summed E-state index contributed by atoms with van der Waals surface area (Å²) in [5.41, 5.74) is 4.05. The van der Waals surface area contributed by atoms with Crippen molar-refractivity contribution >= 4 is 17.4 Å². The minimum absolute atomic E-state index is 0.0514. The van der Waals surface area contributed by atoms with Crippen LogP contribution >= 0.6 is 0 Å². The maximum atomic E-state index is 11.2. The van der Waals surface area contributed by atoms with Crippen molar-refractivity contribution in [1.82, 2.24) is 10.7 Å². The van der Waals surface area contributed by atoms with E-state index in [1.165, 1.54) is 6.07 Å². The Morgan fingerprint density at radius 2 is 2.39 bits per heavy atom. The highest BCUT2D eigenvalue weighted by molar-refractivity contribution is 6.00. The molecule has 1 aromatic rings. The fourth-order valence-electron chi connectivity index (χ4n) is 2.01. The first kappa shape index (κ1) is 16.7. The van der Waals surface area contributed by atoms with Crippen molar-refractivity contribution in [2.45, 2.75) is 26.7 Å². The number of nitro benzene ring substituents is 1. The van der Waals surface area contributed by atoms with Gasteiger partial charge >= 0.3 is 5.69 Å². The van der Waals surface area contributed by atoms with E-state index in [2.05, 4.69) is 20.8 Å². The second kappa shape index (κ2) is 8.11. The molecular formula is C15H21N5O3. The maximum Gasteiger partial charge on any atom is 0.311 e. The van der Waals surface area contributed by atoms with Crippen molar-refractivity contribution in [3.05, 3.63) is 33.9 Å². The van der Waals surface area contributed by atoms with Gasteiger partial charge in [-0.05, 0) is 25.5 Å². The summed E-state index contributed by atoms with van der Waals surface area (Å²) >= 11 is 0. The molecule has 0 radical (unpaired) electrons. The molecule has 1 aliphatic rings. The number of benzene rings is 1. The number of ether oxygens (including phenoxy) is 1. The van der Waals surface area contributed by atoms with E-state index in [0.29, 0.717) is 30.4 Å². The summed E-state index contributed by atoms with van der Waals surface area (Å²) in [6, 6.07) is 4.86. The molecule has 23 heavy (non-hydrogen) atoms. The van der Waals surface area contributed by atoms with Crippen LogP contribution < -0.4 is 15.5 Å². The number of hydrazone groups is 1. The number of nitro groups is 1. The summed E-state index contributed by atoms with van der Waals surface area (Å²) in [4.78, 5) is 15.0. The molecule has 0 saturated heterocycles. The molecule has 8 heteroatoms. The molecule has 0 aliphatic carbocycles. The molecule has 0 aromatic heterocycles. The number of hydrogen-bond donors (Lipinski definition) is 2. The normalized spacial score (nSPS) is 14.2. The van der Waals surface area contributed by atoms with Crippen molar-refractivity contribution < 1.29 is 9.66 Å². The van der Waals surface area contributed by atoms with Crippen molar-refractivity contribution in [3.63, 3.8) is 0 Å². The van der Waals surface area contributed by atoms with Crippen LogP contribution in [0, 0.1) is 10.1 Å². The number of hydrogen-bond acceptors (Lipinski definition) is 7. The minimum atomic E-state index is -0.436. The van der Waals surface area contributed by atoms with Gasteiger partial charge in [-0.3, -0.25) is 10.1 Å². The predicted molar refractivity (Wildman–Crippen MR) is 89.2 cm³/mol. The molecule has 1 heterocycles. The van der Waals surface area contributed by atoms with Crippen LogP contribution in [0.15, 0.2) is 28.3 Å². The van der Waals surface area contributed by atoms with Crippen molar-refractivity contribution in [2.24, 2.45) is 10.1 Å². The van der Waals surface area contributed by atoms with E-state index < -0.39 is 4.92 Å². The van der Waals surface area contributed by atoms with E-state index >= 15 is 0 Å². The van der Waals surface area contributed by atoms with Crippen LogP contribution in [-0.4, -0.2) is 36.3 Å². The topological polar surface area (TPSA) is 101 Å². The Labute approximate surface area is 134 Å². The van der Waals surface area contributed by atoms with E-state index in [-0.39, 0.29) is 11.4 Å². The summed E-state index contributed by atoms with van der Waals surface area (Å²) in [6.07, 6.45) is 1.83. The summed E-state index contributed by atoms with van der Waals surface area (Å²) in [6.45, 7) is 5.78. The second-order valence-electron chi connectivity index (χ2n) is 5.11. The van der Waals surface area contributed by atoms with Crippen LogP contribution in [0.1, 0.15) is 32.3 Å². The smallest absolute Gasteiger partial charge is 0.311 e. The van der Waals surface area contributed by atoms with Gasteiger partial charge in [-0.2, -0.15) is 5.10 Å². The standard InChI is InChI=1S/C15H21N5O3/c1-3-4-9-23-14-6-5-12(10-13(14)20(21)22)11(2)18-19-15-16-7-8-17-15/h5-6,10H,3-4,7-9H2,1-2H3,(H2,16,17,19)/b18-11-. The molecule has 0 fully saturated rings. The number of nitrogens with zero attached hydrogens (tertiary/aromatic N) is 3. The molecule has 0 saturated carbocycles. The first-order valence-electron chi connectivity index (χ1n) is 7.62. The fraction of sp³-hybridized carbons (Fsp3) is 0.467. The van der Waals surface area contributed by atoms with Gasteiger partial charge in [-0.15, -0.1) is 0 Å². The lowest BCUT2D eigenvalue weighted by Crippen LogP contribution is -2.30. The molecule has 0 amide bonds. The lowest BCUT2D eigenvalue weighted by molar-refractivity contribution is -0.385. The average molecular weight is 319 g/mol. The number of guanidine groups is 1. The molecule has 2 N–H and O–H groups in total. The Morgan fingerprint density at radius 1 is 1.57 bits per heavy atom. The van der Waals surface area contributed by atoms with Crippen molar-refractivity contribution in [2.75, 3.05) is 19.7 Å². The third-order valence-electron chi connectivity index (χ3n) is 3.33. The van der Waals surface area contributed by atoms with Gasteiger partial charge in [0, 0.05) is 18.2 Å². The van der Waals surface area contributed by atoms with E-state index in [1.54, 1.807) is 19.1 Å². The van der Waals surface area contributed by atoms with Gasteiger partial charge in [0.1, 0.15) is 0 Å². The van der Waals surface area contributed by atoms with Crippen LogP contribution in [0.5, 0.6) is 5.75 Å². The zero-order valence-corrected chi connectivity index (χ0v) is 13.3. The zero-order chi connectivity index (χ0) is 16.7. The van der Waals surface area contributed by atoms with Gasteiger partial charge in [-0.25, -0.2) is 10.4 Å². The molecule has 2 rings (SSSR count). The van der Waals surface area contributed by atoms with Crippen LogP contribution in [0.25, 0.3) is 0 Å². The Morgan fingerprint density at radius 3 is 3.04 bits per heavy atom. The fourth-order valence-corrected chi connectivity index (χ4v) is 2.01. The highest BCUT2D eigenvalue weighted by Gasteiger charge is 2.17. The van der Waals surface area contributed by atoms with E-state index in [9.17, 15) is 10.1 Å². The quantitative estimate of drug-likeness (QED) is 0.347. The van der Waals surface area contributed by atoms with Crippen molar-refractivity contribution in [3.8, 4) is 5.75 Å². The Hall–Kier alpha value is -2.64. The summed E-state index contributed by atoms with van der Waals surface area (Å²) < 4.78 is 5.49. The monoisotopic (exact) mass is 319 g/mol. The van der Waals surface area contributed by atoms with E-state index in [0.717, 1.165) is 19.4 Å². The van der Waals surface area contributed by atoms with Gasteiger partial charge in [0.05, 0.1) is 23.8 Å². The van der Waals surface area contributed by atoms with E-state index in [4.69, 9.17) is 4.74 Å². The SMILES string of the molecule is CCCCOc1ccc(/C(C)=N\NC2=NCCN2)cc1[N+](=O)[O-]. The Bertz CT molecular complexity index is 628. The number of unbranched alkanes of at least 4 members (excludes halogenated alkanes) is 1. The molecule has 0 spiro atoms. The number of aliphatic imine (C=N–C) groups is 1. The Balaban J connectivity index is 2.13. The molecule has 8 nitrogen and oxygen atoms in total. The first-order valence-corrected chi connectivity index (χ1v) is 7.62. The van der Waals surface area contributed by atoms with Crippen molar-refractivity contribution in [1.29, 1.82) is 0 Å². The zero-order valence-electron chi connectivity index (χ0n) is 13.3. The highest BCUT2D eigenvalue weighted by atomic mass is 16.6. The maximum absolute atomic E-state index is 11.2. The summed E-state index contributed by atoms with van der Waals surface area (Å²) in [5.74, 6) is 0.896. The van der Waals surface area contributed by atoms with Crippen LogP contribution in [0.4, 0.5) is 5.69 Å². The lowest BCUT2D eigenvalue weighted by atomic mass is 10.1. The van der Waals surface area contributed by atoms with Crippen LogP contribution in [-0.2, 0) is 0 Å². The minimum Gasteiger partial charge on any atom is -0.487 e. The van der Waals surface area contributed by atoms with Gasteiger partial charge in [0.2, 0.25) is 5.96 Å². The van der Waals surface area contributed by atoms with Gasteiger partial charge in [-0.1, -0.05) is 13.3 Å². The Kier molecular flexibility index (Phi) is 5.90. The number of rotatable bonds is 7. The molecule has 124 valence electrons. The molecule has 1 aliphatic heterocycles. The van der Waals surface area contributed by atoms with Gasteiger partial charge in [0.25, 0.3) is 0 Å². The summed E-state index contributed by atoms with van der Waals surface area (Å²) in [5, 5.41) is 18.5. The van der Waals surface area contributed by atoms with E-state index in [1.807, 2.05) is 6.92 Å². The molecule has 0 atom stereocenters. The lowest BCUT2D eigenvalue weighted by Gasteiger charge is -2.08. The number of nitrogens with one attached hydrogen (secondary N) is 2.